The standard InChI is InChI=1S/C12H20N2O/c1-11(2,5-6-13)12(8-15-9-12)10-4-3-7-14-10/h3-4,7,14H,5-6,8-9,13H2,1-2H3. The Morgan fingerprint density at radius 2 is 2.27 bits per heavy atom. The molecule has 2 rings (SSSR count). The molecule has 1 aromatic heterocycles. The van der Waals surface area contributed by atoms with Crippen molar-refractivity contribution in [2.24, 2.45) is 11.1 Å². The number of aromatic amines is 1. The van der Waals surface area contributed by atoms with Gasteiger partial charge in [0.25, 0.3) is 0 Å². The van der Waals surface area contributed by atoms with Gasteiger partial charge < -0.3 is 15.5 Å². The van der Waals surface area contributed by atoms with Gasteiger partial charge in [-0.1, -0.05) is 13.8 Å². The Morgan fingerprint density at radius 3 is 2.67 bits per heavy atom. The fourth-order valence-electron chi connectivity index (χ4n) is 2.45. The normalized spacial score (nSPS) is 19.9. The molecule has 3 N–H and O–H groups in total. The zero-order chi connectivity index (χ0) is 10.9. The SMILES string of the molecule is CC(C)(CCN)C1(c2ccc[nH]2)COC1. The van der Waals surface area contributed by atoms with Crippen LogP contribution in [0.15, 0.2) is 18.3 Å². The zero-order valence-corrected chi connectivity index (χ0v) is 9.55. The first-order chi connectivity index (χ1) is 7.12. The van der Waals surface area contributed by atoms with Crippen LogP contribution < -0.4 is 5.73 Å². The second-order valence-electron chi connectivity index (χ2n) is 5.08. The summed E-state index contributed by atoms with van der Waals surface area (Å²) in [6.07, 6.45) is 3.00. The Morgan fingerprint density at radius 1 is 1.53 bits per heavy atom. The van der Waals surface area contributed by atoms with E-state index < -0.39 is 0 Å². The van der Waals surface area contributed by atoms with Gasteiger partial charge in [-0.15, -0.1) is 0 Å². The zero-order valence-electron chi connectivity index (χ0n) is 9.55. The molecule has 15 heavy (non-hydrogen) atoms. The van der Waals surface area contributed by atoms with E-state index in [0.29, 0.717) is 0 Å². The number of rotatable bonds is 4. The molecule has 0 spiro atoms. The molecule has 1 aromatic rings. The summed E-state index contributed by atoms with van der Waals surface area (Å²) in [6.45, 7) is 6.91. The van der Waals surface area contributed by atoms with Crippen molar-refractivity contribution in [1.82, 2.24) is 4.98 Å². The van der Waals surface area contributed by atoms with Crippen molar-refractivity contribution in [1.29, 1.82) is 0 Å². The van der Waals surface area contributed by atoms with Crippen molar-refractivity contribution in [3.05, 3.63) is 24.0 Å². The van der Waals surface area contributed by atoms with Crippen LogP contribution in [0, 0.1) is 5.41 Å². The van der Waals surface area contributed by atoms with E-state index in [1.54, 1.807) is 0 Å². The molecule has 2 heterocycles. The van der Waals surface area contributed by atoms with Gasteiger partial charge in [-0.05, 0) is 30.5 Å². The van der Waals surface area contributed by atoms with Gasteiger partial charge in [0.05, 0.1) is 18.6 Å². The summed E-state index contributed by atoms with van der Waals surface area (Å²) in [4.78, 5) is 3.32. The van der Waals surface area contributed by atoms with Crippen molar-refractivity contribution < 1.29 is 4.74 Å². The number of nitrogens with one attached hydrogen (secondary N) is 1. The van der Waals surface area contributed by atoms with Gasteiger partial charge in [-0.2, -0.15) is 0 Å². The quantitative estimate of drug-likeness (QED) is 0.790. The minimum atomic E-state index is 0.135. The average Bonchev–Trinajstić information content (AvgIpc) is 2.53. The Kier molecular flexibility index (Phi) is 2.61. The van der Waals surface area contributed by atoms with Gasteiger partial charge in [0.1, 0.15) is 0 Å². The number of H-pyrrole nitrogens is 1. The Labute approximate surface area is 91.0 Å². The molecule has 0 bridgehead atoms. The Balaban J connectivity index is 2.29. The van der Waals surface area contributed by atoms with E-state index in [0.717, 1.165) is 26.2 Å². The van der Waals surface area contributed by atoms with E-state index in [9.17, 15) is 0 Å². The predicted octanol–water partition coefficient (Wildman–Crippen LogP) is 1.66. The average molecular weight is 208 g/mol. The monoisotopic (exact) mass is 208 g/mol. The molecule has 0 saturated carbocycles. The van der Waals surface area contributed by atoms with Crippen molar-refractivity contribution >= 4 is 0 Å². The molecular formula is C12H20N2O. The van der Waals surface area contributed by atoms with Crippen LogP contribution in [-0.4, -0.2) is 24.7 Å². The number of hydrogen-bond donors (Lipinski definition) is 2. The van der Waals surface area contributed by atoms with Crippen molar-refractivity contribution in [2.75, 3.05) is 19.8 Å². The first-order valence-electron chi connectivity index (χ1n) is 5.54. The number of aromatic nitrogens is 1. The lowest BCUT2D eigenvalue weighted by Gasteiger charge is -2.52. The van der Waals surface area contributed by atoms with Gasteiger partial charge in [0.15, 0.2) is 0 Å². The molecule has 0 atom stereocenters. The molecule has 1 saturated heterocycles. The Hall–Kier alpha value is -0.800. The highest BCUT2D eigenvalue weighted by Gasteiger charge is 2.52. The summed E-state index contributed by atoms with van der Waals surface area (Å²) < 4.78 is 5.43. The Bertz CT molecular complexity index is 312. The van der Waals surface area contributed by atoms with E-state index in [-0.39, 0.29) is 10.8 Å². The molecule has 3 heteroatoms. The molecular weight excluding hydrogens is 188 g/mol. The molecule has 3 nitrogen and oxygen atoms in total. The molecule has 0 aliphatic carbocycles. The summed E-state index contributed by atoms with van der Waals surface area (Å²) in [6, 6.07) is 4.20. The van der Waals surface area contributed by atoms with Crippen LogP contribution in [0.1, 0.15) is 26.0 Å². The largest absolute Gasteiger partial charge is 0.379 e. The second-order valence-corrected chi connectivity index (χ2v) is 5.08. The lowest BCUT2D eigenvalue weighted by molar-refractivity contribution is -0.123. The summed E-state index contributed by atoms with van der Waals surface area (Å²) in [7, 11) is 0. The lowest BCUT2D eigenvalue weighted by atomic mass is 9.60. The summed E-state index contributed by atoms with van der Waals surface area (Å²) in [5.41, 5.74) is 7.30. The molecule has 0 unspecified atom stereocenters. The maximum absolute atomic E-state index is 5.69. The minimum absolute atomic E-state index is 0.135. The number of nitrogens with two attached hydrogens (primary N) is 1. The van der Waals surface area contributed by atoms with Gasteiger partial charge in [0, 0.05) is 11.9 Å². The topological polar surface area (TPSA) is 51.0 Å². The smallest absolute Gasteiger partial charge is 0.0622 e. The van der Waals surface area contributed by atoms with Gasteiger partial charge >= 0.3 is 0 Å². The van der Waals surface area contributed by atoms with Crippen LogP contribution >= 0.6 is 0 Å². The van der Waals surface area contributed by atoms with Gasteiger partial charge in [-0.3, -0.25) is 0 Å². The van der Waals surface area contributed by atoms with Crippen LogP contribution in [-0.2, 0) is 10.2 Å². The highest BCUT2D eigenvalue weighted by atomic mass is 16.5. The van der Waals surface area contributed by atoms with E-state index in [4.69, 9.17) is 10.5 Å². The maximum atomic E-state index is 5.69. The van der Waals surface area contributed by atoms with E-state index >= 15 is 0 Å². The van der Waals surface area contributed by atoms with Crippen molar-refractivity contribution in [3.63, 3.8) is 0 Å². The van der Waals surface area contributed by atoms with Crippen LogP contribution in [0.3, 0.4) is 0 Å². The maximum Gasteiger partial charge on any atom is 0.0622 e. The first-order valence-corrected chi connectivity index (χ1v) is 5.54. The molecule has 1 aliphatic rings. The highest BCUT2D eigenvalue weighted by Crippen LogP contribution is 2.48. The summed E-state index contributed by atoms with van der Waals surface area (Å²) in [5.74, 6) is 0. The van der Waals surface area contributed by atoms with Gasteiger partial charge in [-0.25, -0.2) is 0 Å². The fraction of sp³-hybridized carbons (Fsp3) is 0.667. The third-order valence-electron chi connectivity index (χ3n) is 3.88. The molecule has 0 amide bonds. The molecule has 1 fully saturated rings. The lowest BCUT2D eigenvalue weighted by Crippen LogP contribution is -2.57. The van der Waals surface area contributed by atoms with Crippen LogP contribution in [0.2, 0.25) is 0 Å². The third kappa shape index (κ3) is 1.50. The molecule has 84 valence electrons. The van der Waals surface area contributed by atoms with E-state index in [1.807, 2.05) is 12.3 Å². The van der Waals surface area contributed by atoms with E-state index in [1.165, 1.54) is 5.69 Å². The minimum Gasteiger partial charge on any atom is -0.379 e. The highest BCUT2D eigenvalue weighted by molar-refractivity contribution is 5.25. The van der Waals surface area contributed by atoms with Crippen LogP contribution in [0.4, 0.5) is 0 Å². The fourth-order valence-corrected chi connectivity index (χ4v) is 2.45. The third-order valence-corrected chi connectivity index (χ3v) is 3.88. The van der Waals surface area contributed by atoms with Crippen LogP contribution in [0.25, 0.3) is 0 Å². The number of ether oxygens (including phenoxy) is 1. The predicted molar refractivity (Wildman–Crippen MR) is 60.7 cm³/mol. The van der Waals surface area contributed by atoms with Crippen LogP contribution in [0.5, 0.6) is 0 Å². The first kappa shape index (κ1) is 10.7. The molecule has 0 radical (unpaired) electrons. The summed E-state index contributed by atoms with van der Waals surface area (Å²) in [5, 5.41) is 0. The van der Waals surface area contributed by atoms with Gasteiger partial charge in [0.2, 0.25) is 0 Å². The van der Waals surface area contributed by atoms with Crippen molar-refractivity contribution in [2.45, 2.75) is 25.7 Å². The molecule has 1 aliphatic heterocycles. The second kappa shape index (κ2) is 3.65. The number of hydrogen-bond acceptors (Lipinski definition) is 2. The van der Waals surface area contributed by atoms with E-state index in [2.05, 4.69) is 24.9 Å². The summed E-state index contributed by atoms with van der Waals surface area (Å²) >= 11 is 0. The molecule has 0 aromatic carbocycles. The van der Waals surface area contributed by atoms with Crippen molar-refractivity contribution in [3.8, 4) is 0 Å².